The average Bonchev–Trinajstić information content (AvgIpc) is 2.99. The number of carbonyl (C=O) groups is 1. The molecule has 0 atom stereocenters. The summed E-state index contributed by atoms with van der Waals surface area (Å²) in [5.74, 6) is 0.958. The number of nitrogens with one attached hydrogen (secondary N) is 1. The molecule has 3 aromatic rings. The summed E-state index contributed by atoms with van der Waals surface area (Å²) in [6.07, 6.45) is 0. The summed E-state index contributed by atoms with van der Waals surface area (Å²) in [6, 6.07) is 10.8. The van der Waals surface area contributed by atoms with Crippen molar-refractivity contribution in [3.8, 4) is 11.6 Å². The summed E-state index contributed by atoms with van der Waals surface area (Å²) in [5.41, 5.74) is 3.72. The van der Waals surface area contributed by atoms with Crippen LogP contribution >= 0.6 is 0 Å². The second kappa shape index (κ2) is 8.72. The van der Waals surface area contributed by atoms with Crippen molar-refractivity contribution in [1.29, 1.82) is 0 Å². The van der Waals surface area contributed by atoms with Gasteiger partial charge in [0, 0.05) is 18.3 Å². The number of aromatic nitrogens is 4. The van der Waals surface area contributed by atoms with Gasteiger partial charge in [0.05, 0.1) is 12.2 Å². The van der Waals surface area contributed by atoms with Crippen LogP contribution in [-0.2, 0) is 11.3 Å². The third kappa shape index (κ3) is 5.31. The van der Waals surface area contributed by atoms with E-state index < -0.39 is 0 Å². The molecule has 0 fully saturated rings. The Labute approximate surface area is 169 Å². The minimum Gasteiger partial charge on any atom is -0.484 e. The minimum absolute atomic E-state index is 0.0863. The summed E-state index contributed by atoms with van der Waals surface area (Å²) in [6.45, 7) is 8.21. The standard InChI is InChI=1S/C21H25N5O3/c1-14-9-15(2)11-18(10-14)29-13-20(27)22-7-8-25-21(28)6-5-19(24-25)26-17(4)12-16(3)23-26/h5-6,9-12H,7-8,13H2,1-4H3,(H,22,27). The maximum absolute atomic E-state index is 12.1. The van der Waals surface area contributed by atoms with Gasteiger partial charge in [0.25, 0.3) is 11.5 Å². The van der Waals surface area contributed by atoms with Crippen LogP contribution < -0.4 is 15.6 Å². The highest BCUT2D eigenvalue weighted by Gasteiger charge is 2.08. The Balaban J connectivity index is 1.56. The summed E-state index contributed by atoms with van der Waals surface area (Å²) in [7, 11) is 0. The molecule has 0 saturated heterocycles. The van der Waals surface area contributed by atoms with Crippen molar-refractivity contribution in [1.82, 2.24) is 24.9 Å². The highest BCUT2D eigenvalue weighted by molar-refractivity contribution is 5.77. The van der Waals surface area contributed by atoms with E-state index in [9.17, 15) is 9.59 Å². The first kappa shape index (κ1) is 20.3. The number of benzene rings is 1. The molecule has 3 rings (SSSR count). The number of ether oxygens (including phenoxy) is 1. The van der Waals surface area contributed by atoms with Crippen molar-refractivity contribution in [2.45, 2.75) is 34.2 Å². The largest absolute Gasteiger partial charge is 0.484 e. The van der Waals surface area contributed by atoms with E-state index in [1.165, 1.54) is 10.7 Å². The summed E-state index contributed by atoms with van der Waals surface area (Å²) in [5, 5.41) is 11.5. The molecule has 0 aliphatic carbocycles. The number of amides is 1. The maximum Gasteiger partial charge on any atom is 0.266 e. The van der Waals surface area contributed by atoms with Crippen LogP contribution in [0.2, 0.25) is 0 Å². The van der Waals surface area contributed by atoms with E-state index in [-0.39, 0.29) is 31.2 Å². The molecule has 0 unspecified atom stereocenters. The van der Waals surface area contributed by atoms with Crippen LogP contribution in [0, 0.1) is 27.7 Å². The predicted molar refractivity (Wildman–Crippen MR) is 110 cm³/mol. The van der Waals surface area contributed by atoms with Gasteiger partial charge < -0.3 is 10.1 Å². The lowest BCUT2D eigenvalue weighted by atomic mass is 10.1. The van der Waals surface area contributed by atoms with Crippen LogP contribution in [0.15, 0.2) is 41.2 Å². The van der Waals surface area contributed by atoms with E-state index in [1.807, 2.05) is 52.0 Å². The molecule has 0 bridgehead atoms. The Morgan fingerprint density at radius 3 is 2.41 bits per heavy atom. The lowest BCUT2D eigenvalue weighted by Crippen LogP contribution is -2.34. The fourth-order valence-electron chi connectivity index (χ4n) is 3.09. The van der Waals surface area contributed by atoms with Crippen LogP contribution in [0.4, 0.5) is 0 Å². The zero-order valence-electron chi connectivity index (χ0n) is 17.1. The highest BCUT2D eigenvalue weighted by atomic mass is 16.5. The summed E-state index contributed by atoms with van der Waals surface area (Å²) >= 11 is 0. The van der Waals surface area contributed by atoms with Gasteiger partial charge in [0.1, 0.15) is 5.75 Å². The Morgan fingerprint density at radius 1 is 1.03 bits per heavy atom. The third-order valence-electron chi connectivity index (χ3n) is 4.29. The molecule has 1 aromatic carbocycles. The third-order valence-corrected chi connectivity index (χ3v) is 4.29. The number of rotatable bonds is 7. The first-order valence-electron chi connectivity index (χ1n) is 9.41. The van der Waals surface area contributed by atoms with Crippen molar-refractivity contribution in [2.24, 2.45) is 0 Å². The minimum atomic E-state index is -0.257. The molecule has 8 heteroatoms. The van der Waals surface area contributed by atoms with Gasteiger partial charge in [-0.3, -0.25) is 9.59 Å². The molecule has 152 valence electrons. The quantitative estimate of drug-likeness (QED) is 0.659. The zero-order chi connectivity index (χ0) is 21.0. The van der Waals surface area contributed by atoms with Gasteiger partial charge >= 0.3 is 0 Å². The van der Waals surface area contributed by atoms with E-state index in [1.54, 1.807) is 10.7 Å². The first-order valence-corrected chi connectivity index (χ1v) is 9.41. The van der Waals surface area contributed by atoms with Gasteiger partial charge in [-0.15, -0.1) is 5.10 Å². The summed E-state index contributed by atoms with van der Waals surface area (Å²) < 4.78 is 8.54. The second-order valence-electron chi connectivity index (χ2n) is 7.05. The Kier molecular flexibility index (Phi) is 6.11. The number of carbonyl (C=O) groups excluding carboxylic acids is 1. The molecule has 1 amide bonds. The van der Waals surface area contributed by atoms with Gasteiger partial charge in [0.15, 0.2) is 12.4 Å². The molecule has 0 aliphatic rings. The molecule has 0 aliphatic heterocycles. The fourth-order valence-corrected chi connectivity index (χ4v) is 3.09. The molecular weight excluding hydrogens is 370 g/mol. The van der Waals surface area contributed by atoms with Gasteiger partial charge in [-0.05, 0) is 63.1 Å². The van der Waals surface area contributed by atoms with Crippen LogP contribution in [0.5, 0.6) is 5.75 Å². The van der Waals surface area contributed by atoms with Crippen molar-refractivity contribution in [2.75, 3.05) is 13.2 Å². The normalized spacial score (nSPS) is 10.8. The van der Waals surface area contributed by atoms with Gasteiger partial charge in [0.2, 0.25) is 0 Å². The van der Waals surface area contributed by atoms with Crippen LogP contribution in [-0.4, -0.2) is 38.6 Å². The predicted octanol–water partition coefficient (Wildman–Crippen LogP) is 1.86. The number of aryl methyl sites for hydroxylation is 4. The smallest absolute Gasteiger partial charge is 0.266 e. The highest BCUT2D eigenvalue weighted by Crippen LogP contribution is 2.15. The van der Waals surface area contributed by atoms with Crippen molar-refractivity contribution < 1.29 is 9.53 Å². The lowest BCUT2D eigenvalue weighted by Gasteiger charge is -2.10. The van der Waals surface area contributed by atoms with Gasteiger partial charge in [-0.25, -0.2) is 9.36 Å². The van der Waals surface area contributed by atoms with E-state index >= 15 is 0 Å². The number of nitrogens with zero attached hydrogens (tertiary/aromatic N) is 4. The van der Waals surface area contributed by atoms with Crippen molar-refractivity contribution in [3.63, 3.8) is 0 Å². The zero-order valence-corrected chi connectivity index (χ0v) is 17.1. The Bertz CT molecular complexity index is 1060. The fraction of sp³-hybridized carbons (Fsp3) is 0.333. The summed E-state index contributed by atoms with van der Waals surface area (Å²) in [4.78, 5) is 24.1. The molecule has 0 spiro atoms. The van der Waals surface area contributed by atoms with E-state index in [0.717, 1.165) is 22.5 Å². The van der Waals surface area contributed by atoms with Crippen molar-refractivity contribution in [3.05, 3.63) is 69.3 Å². The first-order chi connectivity index (χ1) is 13.8. The van der Waals surface area contributed by atoms with Crippen molar-refractivity contribution >= 4 is 5.91 Å². The molecule has 0 radical (unpaired) electrons. The lowest BCUT2D eigenvalue weighted by molar-refractivity contribution is -0.123. The molecule has 8 nitrogen and oxygen atoms in total. The molecule has 29 heavy (non-hydrogen) atoms. The number of hydrogen-bond acceptors (Lipinski definition) is 5. The van der Waals surface area contributed by atoms with Gasteiger partial charge in [-0.2, -0.15) is 5.10 Å². The second-order valence-corrected chi connectivity index (χ2v) is 7.05. The molecule has 1 N–H and O–H groups in total. The molecule has 2 heterocycles. The molecule has 0 saturated carbocycles. The average molecular weight is 395 g/mol. The van der Waals surface area contributed by atoms with Crippen LogP contribution in [0.3, 0.4) is 0 Å². The Hall–Kier alpha value is -3.42. The van der Waals surface area contributed by atoms with E-state index in [4.69, 9.17) is 4.74 Å². The topological polar surface area (TPSA) is 91.0 Å². The molecular formula is C21H25N5O3. The number of hydrogen-bond donors (Lipinski definition) is 1. The maximum atomic E-state index is 12.1. The van der Waals surface area contributed by atoms with E-state index in [2.05, 4.69) is 15.5 Å². The van der Waals surface area contributed by atoms with Crippen LogP contribution in [0.25, 0.3) is 5.82 Å². The van der Waals surface area contributed by atoms with Crippen LogP contribution in [0.1, 0.15) is 22.5 Å². The SMILES string of the molecule is Cc1cc(C)cc(OCC(=O)NCCn2nc(-n3nc(C)cc3C)ccc2=O)c1. The van der Waals surface area contributed by atoms with E-state index in [0.29, 0.717) is 11.6 Å². The van der Waals surface area contributed by atoms with Gasteiger partial charge in [-0.1, -0.05) is 6.07 Å². The Morgan fingerprint density at radius 2 is 1.76 bits per heavy atom. The monoisotopic (exact) mass is 395 g/mol. The molecule has 2 aromatic heterocycles.